The van der Waals surface area contributed by atoms with Crippen molar-refractivity contribution in [2.24, 2.45) is 0 Å². The first kappa shape index (κ1) is 15.8. The van der Waals surface area contributed by atoms with E-state index in [4.69, 9.17) is 0 Å². The molecule has 0 nitrogen and oxygen atoms in total. The van der Waals surface area contributed by atoms with Crippen molar-refractivity contribution in [1.29, 1.82) is 0 Å². The van der Waals surface area contributed by atoms with Crippen molar-refractivity contribution in [3.05, 3.63) is 59.7 Å². The number of rotatable bonds is 0. The molecule has 0 amide bonds. The number of hydrogen-bond acceptors (Lipinski definition) is 0. The second kappa shape index (κ2) is 7.43. The SMILES string of the molecule is C[Te]C#Cc1cccc2cc3cccc(C#C[Te]C)c3cc12. The Hall–Kier alpha value is -1.12. The van der Waals surface area contributed by atoms with Crippen LogP contribution in [0.4, 0.5) is 0 Å². The molecular formula is C20H14Te2. The molecule has 0 aliphatic heterocycles. The predicted octanol–water partition coefficient (Wildman–Crippen LogP) is 4.12. The van der Waals surface area contributed by atoms with Crippen molar-refractivity contribution in [3.8, 4) is 19.8 Å². The molecule has 0 aromatic heterocycles. The van der Waals surface area contributed by atoms with Crippen LogP contribution < -0.4 is 0 Å². The van der Waals surface area contributed by atoms with E-state index in [1.807, 2.05) is 0 Å². The van der Waals surface area contributed by atoms with Gasteiger partial charge in [-0.3, -0.25) is 0 Å². The predicted molar refractivity (Wildman–Crippen MR) is 98.4 cm³/mol. The molecule has 3 aromatic carbocycles. The third kappa shape index (κ3) is 3.28. The fourth-order valence-electron chi connectivity index (χ4n) is 2.48. The van der Waals surface area contributed by atoms with Gasteiger partial charge in [0, 0.05) is 0 Å². The van der Waals surface area contributed by atoms with Crippen LogP contribution in [0.3, 0.4) is 0 Å². The Morgan fingerprint density at radius 3 is 1.64 bits per heavy atom. The normalized spacial score (nSPS) is 9.91. The molecule has 0 aliphatic carbocycles. The van der Waals surface area contributed by atoms with Gasteiger partial charge in [-0.25, -0.2) is 0 Å². The molecule has 0 N–H and O–H groups in total. The van der Waals surface area contributed by atoms with Crippen molar-refractivity contribution >= 4 is 63.4 Å². The summed E-state index contributed by atoms with van der Waals surface area (Å²) in [4.78, 5) is 4.42. The molecule has 0 atom stereocenters. The monoisotopic (exact) mass is 514 g/mol. The standard InChI is InChI=1S/C20H14Te2/c1-21-11-9-15-5-3-7-17-13-18-8-4-6-16(10-12-22-2)20(18)14-19(15)17/h3-8,13-14H,1-2H3. The number of fused-ring (bicyclic) bond motifs is 2. The third-order valence-electron chi connectivity index (χ3n) is 3.45. The van der Waals surface area contributed by atoms with Gasteiger partial charge in [0.25, 0.3) is 0 Å². The van der Waals surface area contributed by atoms with Crippen LogP contribution in [0, 0.1) is 19.8 Å². The molecule has 0 heterocycles. The van der Waals surface area contributed by atoms with E-state index in [0.717, 1.165) is 11.1 Å². The zero-order valence-corrected chi connectivity index (χ0v) is 17.1. The van der Waals surface area contributed by atoms with Crippen molar-refractivity contribution < 1.29 is 0 Å². The van der Waals surface area contributed by atoms with Gasteiger partial charge in [0.1, 0.15) is 0 Å². The summed E-state index contributed by atoms with van der Waals surface area (Å²) in [5.41, 5.74) is 2.27. The fraction of sp³-hybridized carbons (Fsp3) is 0.100. The molecular weight excluding hydrogens is 495 g/mol. The maximum atomic E-state index is 3.34. The maximum absolute atomic E-state index is 3.34. The first-order valence-corrected chi connectivity index (χ1v) is 13.9. The van der Waals surface area contributed by atoms with Gasteiger partial charge < -0.3 is 0 Å². The van der Waals surface area contributed by atoms with Gasteiger partial charge in [-0.15, -0.1) is 0 Å². The summed E-state index contributed by atoms with van der Waals surface area (Å²) in [6.45, 7) is 0. The van der Waals surface area contributed by atoms with Crippen LogP contribution in [0.25, 0.3) is 21.5 Å². The Balaban J connectivity index is 2.33. The van der Waals surface area contributed by atoms with Gasteiger partial charge in [0.05, 0.1) is 0 Å². The summed E-state index contributed by atoms with van der Waals surface area (Å²) in [5, 5.41) is 4.99. The van der Waals surface area contributed by atoms with Crippen molar-refractivity contribution in [3.63, 3.8) is 0 Å². The molecule has 0 aliphatic rings. The average Bonchev–Trinajstić information content (AvgIpc) is 2.56. The second-order valence-electron chi connectivity index (χ2n) is 4.77. The molecule has 0 unspecified atom stereocenters. The number of benzene rings is 3. The van der Waals surface area contributed by atoms with Gasteiger partial charge in [-0.2, -0.15) is 0 Å². The van der Waals surface area contributed by atoms with Crippen LogP contribution in [0.1, 0.15) is 11.1 Å². The van der Waals surface area contributed by atoms with Crippen LogP contribution in [0.15, 0.2) is 48.5 Å². The van der Waals surface area contributed by atoms with Crippen molar-refractivity contribution in [2.45, 2.75) is 9.94 Å². The van der Waals surface area contributed by atoms with Crippen molar-refractivity contribution in [1.82, 2.24) is 0 Å². The van der Waals surface area contributed by atoms with E-state index in [-0.39, 0.29) is 41.8 Å². The van der Waals surface area contributed by atoms with Gasteiger partial charge in [-0.1, -0.05) is 0 Å². The zero-order chi connectivity index (χ0) is 15.4. The number of hydrogen-bond donors (Lipinski definition) is 0. The Labute approximate surface area is 151 Å². The van der Waals surface area contributed by atoms with E-state index in [0.29, 0.717) is 0 Å². The molecule has 0 saturated heterocycles. The summed E-state index contributed by atoms with van der Waals surface area (Å²) in [6, 6.07) is 17.3. The Kier molecular flexibility index (Phi) is 5.32. The van der Waals surface area contributed by atoms with Crippen LogP contribution in [0.5, 0.6) is 0 Å². The van der Waals surface area contributed by atoms with Gasteiger partial charge in [0.2, 0.25) is 0 Å². The van der Waals surface area contributed by atoms with Gasteiger partial charge in [-0.05, 0) is 0 Å². The first-order chi connectivity index (χ1) is 10.8. The van der Waals surface area contributed by atoms with Crippen LogP contribution >= 0.6 is 0 Å². The first-order valence-electron chi connectivity index (χ1n) is 6.87. The molecule has 106 valence electrons. The molecule has 0 bridgehead atoms. The van der Waals surface area contributed by atoms with E-state index in [1.165, 1.54) is 21.5 Å². The summed E-state index contributed by atoms with van der Waals surface area (Å²) < 4.78 is 6.62. The second-order valence-corrected chi connectivity index (χ2v) is 8.26. The van der Waals surface area contributed by atoms with E-state index in [2.05, 4.69) is 78.3 Å². The zero-order valence-electron chi connectivity index (χ0n) is 12.4. The van der Waals surface area contributed by atoms with Crippen LogP contribution in [-0.4, -0.2) is 41.8 Å². The summed E-state index contributed by atoms with van der Waals surface area (Å²) in [5.74, 6) is 6.69. The van der Waals surface area contributed by atoms with E-state index in [9.17, 15) is 0 Å². The van der Waals surface area contributed by atoms with Gasteiger partial charge >= 0.3 is 153 Å². The van der Waals surface area contributed by atoms with Crippen molar-refractivity contribution in [2.75, 3.05) is 0 Å². The Morgan fingerprint density at radius 1 is 0.682 bits per heavy atom. The van der Waals surface area contributed by atoms with E-state index >= 15 is 0 Å². The molecule has 3 aromatic rings. The Morgan fingerprint density at radius 2 is 1.18 bits per heavy atom. The minimum atomic E-state index is -0.164. The molecule has 3 rings (SSSR count). The molecule has 0 radical (unpaired) electrons. The quantitative estimate of drug-likeness (QED) is 0.243. The topological polar surface area (TPSA) is 0 Å². The molecule has 0 spiro atoms. The average molecular weight is 510 g/mol. The Bertz CT molecular complexity index is 886. The van der Waals surface area contributed by atoms with Gasteiger partial charge in [0.15, 0.2) is 0 Å². The molecule has 0 fully saturated rings. The molecule has 0 saturated carbocycles. The van der Waals surface area contributed by atoms with E-state index < -0.39 is 0 Å². The van der Waals surface area contributed by atoms with Crippen LogP contribution in [0.2, 0.25) is 9.94 Å². The summed E-state index contributed by atoms with van der Waals surface area (Å²) in [7, 11) is 0. The third-order valence-corrected chi connectivity index (χ3v) is 5.20. The van der Waals surface area contributed by atoms with Crippen LogP contribution in [-0.2, 0) is 0 Å². The summed E-state index contributed by atoms with van der Waals surface area (Å²) >= 11 is -0.329. The minimum absolute atomic E-state index is 0.164. The van der Waals surface area contributed by atoms with E-state index in [1.54, 1.807) is 0 Å². The fourth-order valence-corrected chi connectivity index (χ4v) is 3.69. The molecule has 2 heteroatoms. The summed E-state index contributed by atoms with van der Waals surface area (Å²) in [6.07, 6.45) is 0. The molecule has 22 heavy (non-hydrogen) atoms.